The van der Waals surface area contributed by atoms with Crippen LogP contribution in [0.25, 0.3) is 10.9 Å². The Bertz CT molecular complexity index is 963. The van der Waals surface area contributed by atoms with Crippen LogP contribution in [0, 0.1) is 0 Å². The lowest BCUT2D eigenvalue weighted by molar-refractivity contribution is -0.137. The van der Waals surface area contributed by atoms with Gasteiger partial charge in [0.15, 0.2) is 0 Å². The van der Waals surface area contributed by atoms with Crippen LogP contribution in [0.3, 0.4) is 0 Å². The minimum absolute atomic E-state index is 0.00207. The number of para-hydroxylation sites is 1. The van der Waals surface area contributed by atoms with Crippen molar-refractivity contribution in [2.75, 3.05) is 11.1 Å². The van der Waals surface area contributed by atoms with E-state index in [9.17, 15) is 18.0 Å². The molecule has 0 saturated heterocycles. The zero-order valence-electron chi connectivity index (χ0n) is 13.2. The number of hydrogen-bond donors (Lipinski definition) is 1. The molecule has 3 rings (SSSR count). The van der Waals surface area contributed by atoms with E-state index in [1.807, 2.05) is 30.3 Å². The second kappa shape index (κ2) is 7.55. The van der Waals surface area contributed by atoms with Gasteiger partial charge >= 0.3 is 6.18 Å². The molecule has 0 spiro atoms. The summed E-state index contributed by atoms with van der Waals surface area (Å²) in [5.74, 6) is -0.469. The Labute approximate surface area is 156 Å². The van der Waals surface area contributed by atoms with Crippen molar-refractivity contribution in [3.63, 3.8) is 0 Å². The lowest BCUT2D eigenvalue weighted by Crippen LogP contribution is -2.15. The van der Waals surface area contributed by atoms with E-state index >= 15 is 0 Å². The number of aromatic nitrogens is 1. The maximum absolute atomic E-state index is 12.8. The Morgan fingerprint density at radius 2 is 1.88 bits per heavy atom. The SMILES string of the molecule is O=C(CSc1ccc2ccccc2n1)Nc1cc(C(F)(F)F)ccc1Cl. The molecule has 0 aliphatic carbocycles. The summed E-state index contributed by atoms with van der Waals surface area (Å²) in [7, 11) is 0. The maximum atomic E-state index is 12.8. The molecule has 26 heavy (non-hydrogen) atoms. The van der Waals surface area contributed by atoms with Crippen molar-refractivity contribution in [2.45, 2.75) is 11.2 Å². The van der Waals surface area contributed by atoms with Crippen LogP contribution in [-0.2, 0) is 11.0 Å². The van der Waals surface area contributed by atoms with Crippen LogP contribution in [0.2, 0.25) is 5.02 Å². The van der Waals surface area contributed by atoms with Crippen LogP contribution in [0.1, 0.15) is 5.56 Å². The number of nitrogens with one attached hydrogen (secondary N) is 1. The van der Waals surface area contributed by atoms with Gasteiger partial charge in [-0.1, -0.05) is 47.6 Å². The van der Waals surface area contributed by atoms with Crippen molar-refractivity contribution in [2.24, 2.45) is 0 Å². The molecular formula is C18H12ClF3N2OS. The predicted molar refractivity (Wildman–Crippen MR) is 97.6 cm³/mol. The molecule has 1 N–H and O–H groups in total. The first-order valence-electron chi connectivity index (χ1n) is 7.48. The predicted octanol–water partition coefficient (Wildman–Crippen LogP) is 5.64. The summed E-state index contributed by atoms with van der Waals surface area (Å²) in [6.07, 6.45) is -4.51. The van der Waals surface area contributed by atoms with Gasteiger partial charge < -0.3 is 5.32 Å². The van der Waals surface area contributed by atoms with Crippen molar-refractivity contribution in [3.8, 4) is 0 Å². The Hall–Kier alpha value is -2.25. The van der Waals surface area contributed by atoms with Crippen molar-refractivity contribution in [3.05, 3.63) is 65.2 Å². The lowest BCUT2D eigenvalue weighted by atomic mass is 10.2. The number of anilines is 1. The van der Waals surface area contributed by atoms with E-state index in [-0.39, 0.29) is 16.5 Å². The van der Waals surface area contributed by atoms with Gasteiger partial charge in [-0.2, -0.15) is 13.2 Å². The highest BCUT2D eigenvalue weighted by molar-refractivity contribution is 7.99. The molecule has 0 bridgehead atoms. The molecule has 134 valence electrons. The number of nitrogens with zero attached hydrogens (tertiary/aromatic N) is 1. The number of thioether (sulfide) groups is 1. The van der Waals surface area contributed by atoms with Crippen molar-refractivity contribution >= 4 is 45.9 Å². The van der Waals surface area contributed by atoms with Gasteiger partial charge in [0.1, 0.15) is 0 Å². The van der Waals surface area contributed by atoms with Gasteiger partial charge in [-0.15, -0.1) is 0 Å². The molecule has 0 atom stereocenters. The van der Waals surface area contributed by atoms with Crippen LogP contribution in [0.4, 0.5) is 18.9 Å². The fourth-order valence-corrected chi connectivity index (χ4v) is 3.09. The molecule has 1 aromatic heterocycles. The number of rotatable bonds is 4. The van der Waals surface area contributed by atoms with Crippen molar-refractivity contribution < 1.29 is 18.0 Å². The van der Waals surface area contributed by atoms with E-state index in [1.165, 1.54) is 11.8 Å². The summed E-state index contributed by atoms with van der Waals surface area (Å²) in [4.78, 5) is 16.5. The highest BCUT2D eigenvalue weighted by Gasteiger charge is 2.31. The van der Waals surface area contributed by atoms with E-state index < -0.39 is 17.6 Å². The number of amides is 1. The number of alkyl halides is 3. The Morgan fingerprint density at radius 1 is 1.12 bits per heavy atom. The number of pyridine rings is 1. The van der Waals surface area contributed by atoms with Gasteiger partial charge in [0.2, 0.25) is 5.91 Å². The van der Waals surface area contributed by atoms with Crippen molar-refractivity contribution in [1.29, 1.82) is 0 Å². The molecule has 1 amide bonds. The molecule has 3 nitrogen and oxygen atoms in total. The third-order valence-corrected chi connectivity index (χ3v) is 4.75. The Balaban J connectivity index is 1.67. The molecular weight excluding hydrogens is 385 g/mol. The number of benzene rings is 2. The molecule has 2 aromatic carbocycles. The van der Waals surface area contributed by atoms with Crippen LogP contribution in [0.5, 0.6) is 0 Å². The zero-order valence-corrected chi connectivity index (χ0v) is 14.8. The third kappa shape index (κ3) is 4.47. The number of hydrogen-bond acceptors (Lipinski definition) is 3. The van der Waals surface area contributed by atoms with Crippen LogP contribution in [0.15, 0.2) is 59.6 Å². The van der Waals surface area contributed by atoms with E-state index in [1.54, 1.807) is 6.07 Å². The maximum Gasteiger partial charge on any atom is 0.416 e. The number of carbonyl (C=O) groups excluding carboxylic acids is 1. The summed E-state index contributed by atoms with van der Waals surface area (Å²) < 4.78 is 38.3. The quantitative estimate of drug-likeness (QED) is 0.580. The van der Waals surface area contributed by atoms with Gasteiger partial charge in [-0.3, -0.25) is 4.79 Å². The zero-order chi connectivity index (χ0) is 18.7. The van der Waals surface area contributed by atoms with Gasteiger partial charge in [0.25, 0.3) is 0 Å². The Morgan fingerprint density at radius 3 is 2.65 bits per heavy atom. The van der Waals surface area contributed by atoms with E-state index in [2.05, 4.69) is 10.3 Å². The molecule has 0 radical (unpaired) electrons. The summed E-state index contributed by atoms with van der Waals surface area (Å²) in [6, 6.07) is 14.0. The molecule has 0 saturated carbocycles. The largest absolute Gasteiger partial charge is 0.416 e. The number of halogens is 4. The first-order chi connectivity index (χ1) is 12.3. The average molecular weight is 397 g/mol. The van der Waals surface area contributed by atoms with E-state index in [0.717, 1.165) is 29.1 Å². The smallest absolute Gasteiger partial charge is 0.324 e. The molecule has 0 fully saturated rings. The van der Waals surface area contributed by atoms with Gasteiger partial charge in [0, 0.05) is 5.39 Å². The first kappa shape index (κ1) is 18.5. The van der Waals surface area contributed by atoms with Gasteiger partial charge in [-0.25, -0.2) is 4.98 Å². The molecule has 8 heteroatoms. The van der Waals surface area contributed by atoms with Gasteiger partial charge in [-0.05, 0) is 30.3 Å². The number of carbonyl (C=O) groups is 1. The molecule has 0 aliphatic heterocycles. The Kier molecular flexibility index (Phi) is 5.38. The highest BCUT2D eigenvalue weighted by Crippen LogP contribution is 2.34. The van der Waals surface area contributed by atoms with Crippen LogP contribution >= 0.6 is 23.4 Å². The fraction of sp³-hybridized carbons (Fsp3) is 0.111. The highest BCUT2D eigenvalue weighted by atomic mass is 35.5. The molecule has 1 heterocycles. The molecule has 0 unspecified atom stereocenters. The summed E-state index contributed by atoms with van der Waals surface area (Å²) in [6.45, 7) is 0. The lowest BCUT2D eigenvalue weighted by Gasteiger charge is -2.11. The van der Waals surface area contributed by atoms with E-state index in [4.69, 9.17) is 11.6 Å². The van der Waals surface area contributed by atoms with E-state index in [0.29, 0.717) is 5.03 Å². The standard InChI is InChI=1S/C18H12ClF3N2OS/c19-13-7-6-12(18(20,21)22)9-15(13)23-16(25)10-26-17-8-5-11-3-1-2-4-14(11)24-17/h1-9H,10H2,(H,23,25). The summed E-state index contributed by atoms with van der Waals surface area (Å²) in [5, 5.41) is 4.08. The number of fused-ring (bicyclic) bond motifs is 1. The topological polar surface area (TPSA) is 42.0 Å². The van der Waals surface area contributed by atoms with Crippen LogP contribution < -0.4 is 5.32 Å². The van der Waals surface area contributed by atoms with Crippen LogP contribution in [-0.4, -0.2) is 16.6 Å². The second-order valence-corrected chi connectivity index (χ2v) is 6.77. The first-order valence-corrected chi connectivity index (χ1v) is 8.84. The second-order valence-electron chi connectivity index (χ2n) is 5.37. The minimum Gasteiger partial charge on any atom is -0.324 e. The molecule has 3 aromatic rings. The average Bonchev–Trinajstić information content (AvgIpc) is 2.60. The normalized spacial score (nSPS) is 11.5. The van der Waals surface area contributed by atoms with Gasteiger partial charge in [0.05, 0.1) is 32.6 Å². The summed E-state index contributed by atoms with van der Waals surface area (Å²) >= 11 is 7.06. The monoisotopic (exact) mass is 396 g/mol. The third-order valence-electron chi connectivity index (χ3n) is 3.49. The van der Waals surface area contributed by atoms with Crippen molar-refractivity contribution in [1.82, 2.24) is 4.98 Å². The summed E-state index contributed by atoms with van der Waals surface area (Å²) in [5.41, 5.74) is -0.140. The molecule has 0 aliphatic rings. The minimum atomic E-state index is -4.51. The fourth-order valence-electron chi connectivity index (χ4n) is 2.25.